The molecule has 3 rings (SSSR count). The molecule has 0 aromatic heterocycles. The number of morpholine rings is 1. The monoisotopic (exact) mass is 379 g/mol. The SMILES string of the molecule is C/C(=N/NC(=O)c1ccc(C(C)(C)C)cc1)c1ccc(N2CCOCC2)cc1. The van der Waals surface area contributed by atoms with Crippen LogP contribution in [0.3, 0.4) is 0 Å². The molecule has 5 nitrogen and oxygen atoms in total. The van der Waals surface area contributed by atoms with Crippen molar-refractivity contribution in [2.45, 2.75) is 33.1 Å². The van der Waals surface area contributed by atoms with Gasteiger partial charge >= 0.3 is 0 Å². The molecule has 1 saturated heterocycles. The van der Waals surface area contributed by atoms with Gasteiger partial charge in [-0.05, 0) is 47.7 Å². The second-order valence-electron chi connectivity index (χ2n) is 8.11. The van der Waals surface area contributed by atoms with E-state index in [2.05, 4.69) is 48.3 Å². The highest BCUT2D eigenvalue weighted by Gasteiger charge is 2.14. The highest BCUT2D eigenvalue weighted by molar-refractivity contribution is 6.01. The predicted molar refractivity (Wildman–Crippen MR) is 114 cm³/mol. The fourth-order valence-electron chi connectivity index (χ4n) is 3.12. The molecule has 0 saturated carbocycles. The van der Waals surface area contributed by atoms with Crippen molar-refractivity contribution in [2.24, 2.45) is 5.10 Å². The van der Waals surface area contributed by atoms with Crippen LogP contribution in [-0.4, -0.2) is 37.9 Å². The number of benzene rings is 2. The molecule has 1 N–H and O–H groups in total. The first-order chi connectivity index (χ1) is 13.3. The zero-order valence-corrected chi connectivity index (χ0v) is 17.2. The molecule has 5 heteroatoms. The first-order valence-electron chi connectivity index (χ1n) is 9.73. The van der Waals surface area contributed by atoms with Crippen molar-refractivity contribution in [3.8, 4) is 0 Å². The average Bonchev–Trinajstić information content (AvgIpc) is 2.72. The summed E-state index contributed by atoms with van der Waals surface area (Å²) < 4.78 is 5.40. The van der Waals surface area contributed by atoms with Gasteiger partial charge in [-0.15, -0.1) is 0 Å². The van der Waals surface area contributed by atoms with E-state index in [-0.39, 0.29) is 11.3 Å². The maximum Gasteiger partial charge on any atom is 0.271 e. The lowest BCUT2D eigenvalue weighted by atomic mass is 9.87. The summed E-state index contributed by atoms with van der Waals surface area (Å²) in [6.07, 6.45) is 0. The number of rotatable bonds is 4. The van der Waals surface area contributed by atoms with Crippen LogP contribution in [0.1, 0.15) is 49.2 Å². The van der Waals surface area contributed by atoms with Crippen molar-refractivity contribution in [3.63, 3.8) is 0 Å². The summed E-state index contributed by atoms with van der Waals surface area (Å²) in [4.78, 5) is 14.7. The van der Waals surface area contributed by atoms with Gasteiger partial charge in [0.2, 0.25) is 0 Å². The van der Waals surface area contributed by atoms with Crippen LogP contribution in [0.5, 0.6) is 0 Å². The first-order valence-corrected chi connectivity index (χ1v) is 9.73. The van der Waals surface area contributed by atoms with Gasteiger partial charge in [0, 0.05) is 24.3 Å². The summed E-state index contributed by atoms with van der Waals surface area (Å²) in [5, 5.41) is 4.27. The molecule has 0 unspecified atom stereocenters. The number of carbonyl (C=O) groups is 1. The average molecular weight is 380 g/mol. The topological polar surface area (TPSA) is 53.9 Å². The van der Waals surface area contributed by atoms with Gasteiger partial charge in [-0.3, -0.25) is 4.79 Å². The fourth-order valence-corrected chi connectivity index (χ4v) is 3.12. The Labute approximate surface area is 167 Å². The number of ether oxygens (including phenoxy) is 1. The van der Waals surface area contributed by atoms with E-state index in [1.807, 2.05) is 43.3 Å². The number of nitrogens with one attached hydrogen (secondary N) is 1. The lowest BCUT2D eigenvalue weighted by Gasteiger charge is -2.28. The van der Waals surface area contributed by atoms with Gasteiger partial charge in [0.05, 0.1) is 18.9 Å². The van der Waals surface area contributed by atoms with Gasteiger partial charge < -0.3 is 9.64 Å². The normalized spacial score (nSPS) is 15.4. The number of amides is 1. The molecule has 1 heterocycles. The van der Waals surface area contributed by atoms with Gasteiger partial charge in [-0.25, -0.2) is 5.43 Å². The number of nitrogens with zero attached hydrogens (tertiary/aromatic N) is 2. The van der Waals surface area contributed by atoms with Crippen LogP contribution in [0.2, 0.25) is 0 Å². The maximum atomic E-state index is 12.4. The number of anilines is 1. The van der Waals surface area contributed by atoms with E-state index in [4.69, 9.17) is 4.74 Å². The van der Waals surface area contributed by atoms with E-state index in [0.29, 0.717) is 5.56 Å². The summed E-state index contributed by atoms with van der Waals surface area (Å²) >= 11 is 0. The highest BCUT2D eigenvalue weighted by atomic mass is 16.5. The van der Waals surface area contributed by atoms with E-state index in [1.54, 1.807) is 0 Å². The third-order valence-corrected chi connectivity index (χ3v) is 5.00. The minimum absolute atomic E-state index is 0.0666. The Bertz CT molecular complexity index is 828. The number of hydrogen-bond acceptors (Lipinski definition) is 4. The van der Waals surface area contributed by atoms with Crippen LogP contribution in [0.15, 0.2) is 53.6 Å². The van der Waals surface area contributed by atoms with Crippen molar-refractivity contribution in [1.29, 1.82) is 0 Å². The predicted octanol–water partition coefficient (Wildman–Crippen LogP) is 3.97. The molecule has 28 heavy (non-hydrogen) atoms. The van der Waals surface area contributed by atoms with E-state index in [0.717, 1.165) is 37.6 Å². The molecule has 0 aliphatic carbocycles. The van der Waals surface area contributed by atoms with Gasteiger partial charge in [0.25, 0.3) is 5.91 Å². The Morgan fingerprint density at radius 2 is 1.54 bits per heavy atom. The molecule has 2 aromatic carbocycles. The molecule has 1 aliphatic heterocycles. The number of carbonyl (C=O) groups excluding carboxylic acids is 1. The van der Waals surface area contributed by atoms with Gasteiger partial charge in [0.15, 0.2) is 0 Å². The van der Waals surface area contributed by atoms with Crippen LogP contribution in [0.4, 0.5) is 5.69 Å². The quantitative estimate of drug-likeness (QED) is 0.646. The summed E-state index contributed by atoms with van der Waals surface area (Å²) in [5.74, 6) is -0.204. The molecule has 0 bridgehead atoms. The third-order valence-electron chi connectivity index (χ3n) is 5.00. The largest absolute Gasteiger partial charge is 0.378 e. The van der Waals surface area contributed by atoms with Gasteiger partial charge in [-0.2, -0.15) is 5.10 Å². The van der Waals surface area contributed by atoms with E-state index in [9.17, 15) is 4.79 Å². The van der Waals surface area contributed by atoms with Crippen LogP contribution < -0.4 is 10.3 Å². The molecule has 1 fully saturated rings. The molecule has 2 aromatic rings. The third kappa shape index (κ3) is 4.98. The Kier molecular flexibility index (Phi) is 6.15. The van der Waals surface area contributed by atoms with Gasteiger partial charge in [0.1, 0.15) is 0 Å². The van der Waals surface area contributed by atoms with Gasteiger partial charge in [-0.1, -0.05) is 45.0 Å². The molecule has 0 radical (unpaired) electrons. The summed E-state index contributed by atoms with van der Waals surface area (Å²) in [5.41, 5.74) is 7.47. The van der Waals surface area contributed by atoms with Crippen molar-refractivity contribution in [3.05, 3.63) is 65.2 Å². The Morgan fingerprint density at radius 1 is 0.964 bits per heavy atom. The summed E-state index contributed by atoms with van der Waals surface area (Å²) in [6.45, 7) is 11.7. The summed E-state index contributed by atoms with van der Waals surface area (Å²) in [7, 11) is 0. The van der Waals surface area contributed by atoms with Crippen molar-refractivity contribution in [2.75, 3.05) is 31.2 Å². The lowest BCUT2D eigenvalue weighted by molar-refractivity contribution is 0.0954. The maximum absolute atomic E-state index is 12.4. The fraction of sp³-hybridized carbons (Fsp3) is 0.391. The first kappa shape index (κ1) is 20.1. The second kappa shape index (κ2) is 8.57. The Morgan fingerprint density at radius 3 is 2.11 bits per heavy atom. The Hall–Kier alpha value is -2.66. The van der Waals surface area contributed by atoms with Crippen LogP contribution >= 0.6 is 0 Å². The highest BCUT2D eigenvalue weighted by Crippen LogP contribution is 2.22. The molecule has 0 spiro atoms. The van der Waals surface area contributed by atoms with Crippen molar-refractivity contribution < 1.29 is 9.53 Å². The molecular weight excluding hydrogens is 350 g/mol. The van der Waals surface area contributed by atoms with Crippen molar-refractivity contribution >= 4 is 17.3 Å². The number of hydrazone groups is 1. The standard InChI is InChI=1S/C23H29N3O2/c1-17(18-7-11-21(12-8-18)26-13-15-28-16-14-26)24-25-22(27)19-5-9-20(10-6-19)23(2,3)4/h5-12H,13-16H2,1-4H3,(H,25,27)/b24-17-. The number of hydrogen-bond donors (Lipinski definition) is 1. The molecule has 148 valence electrons. The molecule has 1 amide bonds. The zero-order valence-electron chi connectivity index (χ0n) is 17.2. The summed E-state index contributed by atoms with van der Waals surface area (Å²) in [6, 6.07) is 15.9. The van der Waals surface area contributed by atoms with Crippen LogP contribution in [0.25, 0.3) is 0 Å². The van der Waals surface area contributed by atoms with E-state index in [1.165, 1.54) is 11.3 Å². The smallest absolute Gasteiger partial charge is 0.271 e. The van der Waals surface area contributed by atoms with Crippen LogP contribution in [-0.2, 0) is 10.2 Å². The van der Waals surface area contributed by atoms with Crippen molar-refractivity contribution in [1.82, 2.24) is 5.43 Å². The Balaban J connectivity index is 1.62. The zero-order chi connectivity index (χ0) is 20.1. The second-order valence-corrected chi connectivity index (χ2v) is 8.11. The molecule has 0 atom stereocenters. The minimum atomic E-state index is -0.204. The minimum Gasteiger partial charge on any atom is -0.378 e. The van der Waals surface area contributed by atoms with Crippen LogP contribution in [0, 0.1) is 0 Å². The molecular formula is C23H29N3O2. The molecule has 1 aliphatic rings. The van der Waals surface area contributed by atoms with E-state index >= 15 is 0 Å². The van der Waals surface area contributed by atoms with E-state index < -0.39 is 0 Å². The lowest BCUT2D eigenvalue weighted by Crippen LogP contribution is -2.36.